The van der Waals surface area contributed by atoms with Crippen molar-refractivity contribution in [3.05, 3.63) is 111 Å². The Bertz CT molecular complexity index is 1150. The number of carbonyl (C=O) groups is 2. The van der Waals surface area contributed by atoms with Crippen molar-refractivity contribution in [2.24, 2.45) is 0 Å². The van der Waals surface area contributed by atoms with E-state index in [4.69, 9.17) is 0 Å². The monoisotopic (exact) mass is 385 g/mol. The van der Waals surface area contributed by atoms with E-state index >= 15 is 0 Å². The lowest BCUT2D eigenvalue weighted by atomic mass is 9.90. The van der Waals surface area contributed by atoms with Gasteiger partial charge in [0.25, 0.3) is 5.69 Å². The molecule has 0 saturated heterocycles. The van der Waals surface area contributed by atoms with E-state index in [0.717, 1.165) is 0 Å². The molecule has 3 aromatic rings. The van der Waals surface area contributed by atoms with Crippen molar-refractivity contribution in [3.8, 4) is 0 Å². The highest BCUT2D eigenvalue weighted by Crippen LogP contribution is 2.29. The number of para-hydroxylation sites is 1. The Labute approximate surface area is 165 Å². The lowest BCUT2D eigenvalue weighted by Gasteiger charge is -2.23. The highest BCUT2D eigenvalue weighted by molar-refractivity contribution is 6.28. The lowest BCUT2D eigenvalue weighted by molar-refractivity contribution is -0.384. The molecule has 7 nitrogen and oxygen atoms in total. The molecule has 0 amide bonds. The minimum atomic E-state index is -0.503. The molecule has 0 heterocycles. The SMILES string of the molecule is O=C1C(Nc2ccccc2)=C(Nc2ccc([N+](=O)[O-])cc2)C(=O)c2ccccc21. The van der Waals surface area contributed by atoms with Gasteiger partial charge in [-0.3, -0.25) is 19.7 Å². The number of nitrogens with one attached hydrogen (secondary N) is 2. The number of nitrogens with zero attached hydrogens (tertiary/aromatic N) is 1. The number of nitro groups is 1. The first-order valence-corrected chi connectivity index (χ1v) is 8.81. The molecular formula is C22H15N3O4. The number of ketones is 2. The third-order valence-electron chi connectivity index (χ3n) is 4.51. The molecule has 0 fully saturated rings. The topological polar surface area (TPSA) is 101 Å². The van der Waals surface area contributed by atoms with Gasteiger partial charge in [-0.2, -0.15) is 0 Å². The van der Waals surface area contributed by atoms with Crippen LogP contribution < -0.4 is 10.6 Å². The molecule has 0 spiro atoms. The third kappa shape index (κ3) is 3.49. The molecule has 0 atom stereocenters. The summed E-state index contributed by atoms with van der Waals surface area (Å²) < 4.78 is 0. The highest BCUT2D eigenvalue weighted by Gasteiger charge is 2.32. The van der Waals surface area contributed by atoms with Crippen LogP contribution in [0.3, 0.4) is 0 Å². The van der Waals surface area contributed by atoms with E-state index in [9.17, 15) is 19.7 Å². The summed E-state index contributed by atoms with van der Waals surface area (Å²) in [5.41, 5.74) is 1.89. The number of carbonyl (C=O) groups excluding carboxylic acids is 2. The molecule has 1 aliphatic carbocycles. The number of hydrogen-bond acceptors (Lipinski definition) is 6. The molecule has 4 rings (SSSR count). The number of hydrogen-bond donors (Lipinski definition) is 2. The zero-order valence-electron chi connectivity index (χ0n) is 15.1. The van der Waals surface area contributed by atoms with E-state index in [1.165, 1.54) is 24.3 Å². The number of fused-ring (bicyclic) bond motifs is 1. The van der Waals surface area contributed by atoms with Crippen LogP contribution in [0, 0.1) is 10.1 Å². The number of nitro benzene ring substituents is 1. The number of Topliss-reactive ketones (excluding diaryl/α,β-unsaturated/α-hetero) is 2. The molecule has 3 aromatic carbocycles. The van der Waals surface area contributed by atoms with Crippen molar-refractivity contribution in [1.82, 2.24) is 0 Å². The molecule has 7 heteroatoms. The van der Waals surface area contributed by atoms with Gasteiger partial charge in [0.05, 0.1) is 4.92 Å². The molecule has 0 aliphatic heterocycles. The molecule has 0 saturated carbocycles. The number of rotatable bonds is 5. The maximum Gasteiger partial charge on any atom is 0.269 e. The van der Waals surface area contributed by atoms with Gasteiger partial charge in [0.2, 0.25) is 11.6 Å². The summed E-state index contributed by atoms with van der Waals surface area (Å²) in [6.07, 6.45) is 0. The Hall–Kier alpha value is -4.26. The van der Waals surface area contributed by atoms with Gasteiger partial charge in [0.15, 0.2) is 0 Å². The van der Waals surface area contributed by atoms with Gasteiger partial charge < -0.3 is 10.6 Å². The Morgan fingerprint density at radius 2 is 1.07 bits per heavy atom. The minimum Gasteiger partial charge on any atom is -0.350 e. The minimum absolute atomic E-state index is 0.0662. The van der Waals surface area contributed by atoms with E-state index in [-0.39, 0.29) is 28.6 Å². The van der Waals surface area contributed by atoms with Crippen LogP contribution in [0.1, 0.15) is 20.7 Å². The predicted octanol–water partition coefficient (Wildman–Crippen LogP) is 4.41. The molecule has 0 bridgehead atoms. The lowest BCUT2D eigenvalue weighted by Crippen LogP contribution is -2.29. The Morgan fingerprint density at radius 1 is 0.621 bits per heavy atom. The Balaban J connectivity index is 1.78. The summed E-state index contributed by atoms with van der Waals surface area (Å²) in [7, 11) is 0. The second-order valence-electron chi connectivity index (χ2n) is 6.37. The van der Waals surface area contributed by atoms with Crippen molar-refractivity contribution >= 4 is 28.6 Å². The largest absolute Gasteiger partial charge is 0.350 e. The fourth-order valence-electron chi connectivity index (χ4n) is 3.09. The average Bonchev–Trinajstić information content (AvgIpc) is 2.75. The predicted molar refractivity (Wildman–Crippen MR) is 109 cm³/mol. The summed E-state index contributed by atoms with van der Waals surface area (Å²) in [5, 5.41) is 16.9. The van der Waals surface area contributed by atoms with Crippen molar-refractivity contribution in [1.29, 1.82) is 0 Å². The molecule has 29 heavy (non-hydrogen) atoms. The van der Waals surface area contributed by atoms with Gasteiger partial charge in [-0.25, -0.2) is 0 Å². The van der Waals surface area contributed by atoms with Crippen molar-refractivity contribution in [2.45, 2.75) is 0 Å². The average molecular weight is 385 g/mol. The maximum absolute atomic E-state index is 13.1. The fourth-order valence-corrected chi connectivity index (χ4v) is 3.09. The van der Waals surface area contributed by atoms with Crippen LogP contribution in [0.5, 0.6) is 0 Å². The molecule has 0 unspecified atom stereocenters. The number of allylic oxidation sites excluding steroid dienone is 2. The molecular weight excluding hydrogens is 370 g/mol. The first-order valence-electron chi connectivity index (χ1n) is 8.81. The van der Waals surface area contributed by atoms with Crippen molar-refractivity contribution in [2.75, 3.05) is 10.6 Å². The van der Waals surface area contributed by atoms with E-state index in [1.54, 1.807) is 36.4 Å². The van der Waals surface area contributed by atoms with Crippen LogP contribution >= 0.6 is 0 Å². The van der Waals surface area contributed by atoms with Crippen LogP contribution in [0.15, 0.2) is 90.3 Å². The van der Waals surface area contributed by atoms with Gasteiger partial charge >= 0.3 is 0 Å². The molecule has 2 N–H and O–H groups in total. The fraction of sp³-hybridized carbons (Fsp3) is 0. The summed E-state index contributed by atoms with van der Waals surface area (Å²) in [4.78, 5) is 36.6. The zero-order chi connectivity index (χ0) is 20.4. The third-order valence-corrected chi connectivity index (χ3v) is 4.51. The van der Waals surface area contributed by atoms with Gasteiger partial charge in [-0.05, 0) is 24.3 Å². The first-order chi connectivity index (χ1) is 14.0. The maximum atomic E-state index is 13.1. The second-order valence-corrected chi connectivity index (χ2v) is 6.37. The van der Waals surface area contributed by atoms with Gasteiger partial charge in [0, 0.05) is 34.6 Å². The van der Waals surface area contributed by atoms with E-state index in [2.05, 4.69) is 10.6 Å². The van der Waals surface area contributed by atoms with Crippen LogP contribution in [-0.2, 0) is 0 Å². The van der Waals surface area contributed by atoms with E-state index < -0.39 is 4.92 Å². The molecule has 142 valence electrons. The summed E-state index contributed by atoms with van der Waals surface area (Å²) in [6.45, 7) is 0. The molecule has 1 aliphatic rings. The van der Waals surface area contributed by atoms with Crippen LogP contribution in [0.4, 0.5) is 17.1 Å². The Kier molecular flexibility index (Phi) is 4.62. The smallest absolute Gasteiger partial charge is 0.269 e. The standard InChI is InChI=1S/C22H15N3O4/c26-21-17-8-4-5-9-18(17)22(27)20(19(21)23-14-6-2-1-3-7-14)24-15-10-12-16(13-11-15)25(28)29/h1-13,23-24H. The number of benzene rings is 3. The second kappa shape index (κ2) is 7.40. The van der Waals surface area contributed by atoms with E-state index in [0.29, 0.717) is 22.5 Å². The highest BCUT2D eigenvalue weighted by atomic mass is 16.6. The van der Waals surface area contributed by atoms with Crippen molar-refractivity contribution < 1.29 is 14.5 Å². The van der Waals surface area contributed by atoms with Crippen LogP contribution in [-0.4, -0.2) is 16.5 Å². The van der Waals surface area contributed by atoms with Gasteiger partial charge in [0.1, 0.15) is 11.4 Å². The molecule has 0 aromatic heterocycles. The number of anilines is 2. The van der Waals surface area contributed by atoms with Crippen LogP contribution in [0.2, 0.25) is 0 Å². The Morgan fingerprint density at radius 3 is 1.55 bits per heavy atom. The molecule has 0 radical (unpaired) electrons. The summed E-state index contributed by atoms with van der Waals surface area (Å²) in [5.74, 6) is -0.648. The summed E-state index contributed by atoms with van der Waals surface area (Å²) in [6, 6.07) is 21.3. The normalized spacial score (nSPS) is 13.1. The van der Waals surface area contributed by atoms with Crippen molar-refractivity contribution in [3.63, 3.8) is 0 Å². The quantitative estimate of drug-likeness (QED) is 0.498. The van der Waals surface area contributed by atoms with Gasteiger partial charge in [-0.1, -0.05) is 42.5 Å². The number of non-ortho nitro benzene ring substituents is 1. The first kappa shape index (κ1) is 18.1. The van der Waals surface area contributed by atoms with Gasteiger partial charge in [-0.15, -0.1) is 0 Å². The summed E-state index contributed by atoms with van der Waals surface area (Å²) >= 11 is 0. The van der Waals surface area contributed by atoms with E-state index in [1.807, 2.05) is 18.2 Å². The zero-order valence-corrected chi connectivity index (χ0v) is 15.1. The van der Waals surface area contributed by atoms with Crippen LogP contribution in [0.25, 0.3) is 0 Å².